The van der Waals surface area contributed by atoms with E-state index in [9.17, 15) is 18.6 Å². The van der Waals surface area contributed by atoms with Crippen molar-refractivity contribution >= 4 is 9.84 Å². The number of rotatable bonds is 5. The molecule has 118 valence electrons. The molecule has 1 aromatic carbocycles. The summed E-state index contributed by atoms with van der Waals surface area (Å²) in [5, 5.41) is 19.7. The Morgan fingerprint density at radius 3 is 2.14 bits per heavy atom. The summed E-state index contributed by atoms with van der Waals surface area (Å²) in [6.45, 7) is 3.62. The van der Waals surface area contributed by atoms with Crippen molar-refractivity contribution in [1.29, 1.82) is 0 Å². The van der Waals surface area contributed by atoms with E-state index in [-0.39, 0.29) is 30.6 Å². The molecule has 1 aromatic rings. The van der Waals surface area contributed by atoms with Gasteiger partial charge in [-0.05, 0) is 38.2 Å². The Morgan fingerprint density at radius 1 is 1.14 bits per heavy atom. The zero-order valence-electron chi connectivity index (χ0n) is 12.7. The van der Waals surface area contributed by atoms with Crippen molar-refractivity contribution in [2.75, 3.05) is 24.7 Å². The van der Waals surface area contributed by atoms with Crippen LogP contribution in [0.2, 0.25) is 0 Å². The third-order valence-corrected chi connectivity index (χ3v) is 6.33. The Morgan fingerprint density at radius 2 is 1.71 bits per heavy atom. The Bertz CT molecular complexity index is 582. The first-order chi connectivity index (χ1) is 9.80. The second kappa shape index (κ2) is 6.07. The lowest BCUT2D eigenvalue weighted by molar-refractivity contribution is 0.0124. The van der Waals surface area contributed by atoms with E-state index in [0.717, 1.165) is 16.7 Å². The summed E-state index contributed by atoms with van der Waals surface area (Å²) in [7, 11) is -3.03. The van der Waals surface area contributed by atoms with E-state index >= 15 is 0 Å². The van der Waals surface area contributed by atoms with Crippen LogP contribution in [-0.4, -0.2) is 43.4 Å². The van der Waals surface area contributed by atoms with Crippen molar-refractivity contribution in [3.8, 4) is 0 Å². The average molecular weight is 312 g/mol. The van der Waals surface area contributed by atoms with E-state index in [1.54, 1.807) is 0 Å². The highest BCUT2D eigenvalue weighted by molar-refractivity contribution is 7.91. The number of benzene rings is 1. The lowest BCUT2D eigenvalue weighted by atomic mass is 9.72. The molecule has 2 N–H and O–H groups in total. The predicted octanol–water partition coefficient (Wildman–Crippen LogP) is 1.25. The van der Waals surface area contributed by atoms with E-state index in [1.165, 1.54) is 0 Å². The Kier molecular flexibility index (Phi) is 4.76. The van der Waals surface area contributed by atoms with Crippen molar-refractivity contribution in [2.45, 2.75) is 26.7 Å². The second-order valence-electron chi connectivity index (χ2n) is 6.45. The van der Waals surface area contributed by atoms with E-state index in [4.69, 9.17) is 0 Å². The van der Waals surface area contributed by atoms with Crippen LogP contribution in [0.3, 0.4) is 0 Å². The van der Waals surface area contributed by atoms with Crippen LogP contribution in [-0.2, 0) is 16.3 Å². The van der Waals surface area contributed by atoms with Crippen LogP contribution in [0.4, 0.5) is 0 Å². The summed E-state index contributed by atoms with van der Waals surface area (Å²) in [4.78, 5) is 0. The first-order valence-corrected chi connectivity index (χ1v) is 9.12. The molecule has 0 spiro atoms. The highest BCUT2D eigenvalue weighted by Crippen LogP contribution is 2.38. The molecule has 5 heteroatoms. The van der Waals surface area contributed by atoms with Gasteiger partial charge in [-0.3, -0.25) is 0 Å². The summed E-state index contributed by atoms with van der Waals surface area (Å²) < 4.78 is 23.4. The molecular weight excluding hydrogens is 288 g/mol. The Hall–Kier alpha value is -0.910. The SMILES string of the molecule is Cc1cc(C)cc(CC(CO)(CO)C2CCS(=O)(=O)C2)c1. The third-order valence-electron chi connectivity index (χ3n) is 4.57. The second-order valence-corrected chi connectivity index (χ2v) is 8.68. The molecule has 1 unspecified atom stereocenters. The Labute approximate surface area is 126 Å². The lowest BCUT2D eigenvalue weighted by Crippen LogP contribution is -2.41. The molecule has 4 nitrogen and oxygen atoms in total. The molecule has 2 rings (SSSR count). The average Bonchev–Trinajstić information content (AvgIpc) is 2.76. The minimum atomic E-state index is -3.03. The largest absolute Gasteiger partial charge is 0.396 e. The molecular formula is C16H24O4S. The minimum Gasteiger partial charge on any atom is -0.396 e. The van der Waals surface area contributed by atoms with Gasteiger partial charge in [0.1, 0.15) is 0 Å². The van der Waals surface area contributed by atoms with Crippen molar-refractivity contribution in [3.05, 3.63) is 34.9 Å². The summed E-state index contributed by atoms with van der Waals surface area (Å²) in [6, 6.07) is 6.15. The molecule has 1 fully saturated rings. The topological polar surface area (TPSA) is 74.6 Å². The van der Waals surface area contributed by atoms with Gasteiger partial charge in [0, 0.05) is 5.41 Å². The maximum atomic E-state index is 11.7. The van der Waals surface area contributed by atoms with Crippen molar-refractivity contribution in [3.63, 3.8) is 0 Å². The summed E-state index contributed by atoms with van der Waals surface area (Å²) in [5.41, 5.74) is 2.55. The molecule has 0 aromatic heterocycles. The van der Waals surface area contributed by atoms with E-state index in [1.807, 2.05) is 26.0 Å². The van der Waals surface area contributed by atoms with Crippen LogP contribution >= 0.6 is 0 Å². The lowest BCUT2D eigenvalue weighted by Gasteiger charge is -2.35. The van der Waals surface area contributed by atoms with Gasteiger partial charge in [-0.2, -0.15) is 0 Å². The summed E-state index contributed by atoms with van der Waals surface area (Å²) in [5.74, 6) is 0.0452. The van der Waals surface area contributed by atoms with Crippen LogP contribution in [0.15, 0.2) is 18.2 Å². The van der Waals surface area contributed by atoms with Gasteiger partial charge in [0.25, 0.3) is 0 Å². The molecule has 1 aliphatic rings. The fourth-order valence-electron chi connectivity index (χ4n) is 3.42. The van der Waals surface area contributed by atoms with Gasteiger partial charge in [-0.25, -0.2) is 8.42 Å². The van der Waals surface area contributed by atoms with Gasteiger partial charge < -0.3 is 10.2 Å². The molecule has 0 saturated carbocycles. The predicted molar refractivity (Wildman–Crippen MR) is 83.0 cm³/mol. The quantitative estimate of drug-likeness (QED) is 0.858. The molecule has 1 atom stereocenters. The van der Waals surface area contributed by atoms with Crippen molar-refractivity contribution in [2.24, 2.45) is 11.3 Å². The first kappa shape index (κ1) is 16.5. The number of aryl methyl sites for hydroxylation is 2. The van der Waals surface area contributed by atoms with Gasteiger partial charge in [0.15, 0.2) is 9.84 Å². The van der Waals surface area contributed by atoms with Crippen molar-refractivity contribution in [1.82, 2.24) is 0 Å². The molecule has 0 bridgehead atoms. The van der Waals surface area contributed by atoms with Gasteiger partial charge in [0.2, 0.25) is 0 Å². The molecule has 0 amide bonds. The molecule has 0 radical (unpaired) electrons. The smallest absolute Gasteiger partial charge is 0.150 e. The summed E-state index contributed by atoms with van der Waals surface area (Å²) in [6.07, 6.45) is 1.02. The molecule has 1 saturated heterocycles. The van der Waals surface area contributed by atoms with Gasteiger partial charge >= 0.3 is 0 Å². The standard InChI is InChI=1S/C16H24O4S/c1-12-5-13(2)7-14(6-12)8-16(10-17,11-18)15-3-4-21(19,20)9-15/h5-7,15,17-18H,3-4,8-11H2,1-2H3. The highest BCUT2D eigenvalue weighted by atomic mass is 32.2. The van der Waals surface area contributed by atoms with Crippen LogP contribution in [0.5, 0.6) is 0 Å². The normalized spacial score (nSPS) is 21.6. The number of hydrogen-bond donors (Lipinski definition) is 2. The number of aliphatic hydroxyl groups is 2. The molecule has 1 heterocycles. The molecule has 0 aliphatic carbocycles. The highest BCUT2D eigenvalue weighted by Gasteiger charge is 2.44. The zero-order chi connectivity index (χ0) is 15.7. The maximum absolute atomic E-state index is 11.7. The number of hydrogen-bond acceptors (Lipinski definition) is 4. The minimum absolute atomic E-state index is 0.0684. The van der Waals surface area contributed by atoms with Gasteiger partial charge in [-0.15, -0.1) is 0 Å². The molecule has 1 aliphatic heterocycles. The molecule has 21 heavy (non-hydrogen) atoms. The van der Waals surface area contributed by atoms with E-state index in [2.05, 4.69) is 6.07 Å². The zero-order valence-corrected chi connectivity index (χ0v) is 13.5. The monoisotopic (exact) mass is 312 g/mol. The maximum Gasteiger partial charge on any atom is 0.150 e. The van der Waals surface area contributed by atoms with Gasteiger partial charge in [0.05, 0.1) is 24.7 Å². The van der Waals surface area contributed by atoms with E-state index in [0.29, 0.717) is 12.8 Å². The van der Waals surface area contributed by atoms with Crippen LogP contribution in [0, 0.1) is 25.2 Å². The number of sulfone groups is 1. The van der Waals surface area contributed by atoms with Crippen molar-refractivity contribution < 1.29 is 18.6 Å². The van der Waals surface area contributed by atoms with Crippen LogP contribution in [0.1, 0.15) is 23.1 Å². The van der Waals surface area contributed by atoms with E-state index < -0.39 is 15.3 Å². The van der Waals surface area contributed by atoms with Crippen LogP contribution in [0.25, 0.3) is 0 Å². The third kappa shape index (κ3) is 3.65. The summed E-state index contributed by atoms with van der Waals surface area (Å²) >= 11 is 0. The fourth-order valence-corrected chi connectivity index (χ4v) is 5.36. The van der Waals surface area contributed by atoms with Gasteiger partial charge in [-0.1, -0.05) is 29.3 Å². The number of aliphatic hydroxyl groups excluding tert-OH is 2. The Balaban J connectivity index is 2.30. The first-order valence-electron chi connectivity index (χ1n) is 7.29. The van der Waals surface area contributed by atoms with Crippen LogP contribution < -0.4 is 0 Å². The fraction of sp³-hybridized carbons (Fsp3) is 0.625.